The van der Waals surface area contributed by atoms with Crippen LogP contribution in [0.5, 0.6) is 0 Å². The average Bonchev–Trinajstić information content (AvgIpc) is 2.63. The monoisotopic (exact) mass is 183 g/mol. The summed E-state index contributed by atoms with van der Waals surface area (Å²) in [6, 6.07) is 3.89. The highest BCUT2D eigenvalue weighted by molar-refractivity contribution is 4.98. The maximum Gasteiger partial charge on any atom is 0.105 e. The molecule has 0 saturated heterocycles. The predicted octanol–water partition coefficient (Wildman–Crippen LogP) is 1.18. The first-order valence-corrected chi connectivity index (χ1v) is 4.77. The number of nitrogens with one attached hydrogen (secondary N) is 1. The minimum absolute atomic E-state index is 0.292. The van der Waals surface area contributed by atoms with Crippen molar-refractivity contribution in [3.8, 4) is 0 Å². The molecule has 0 bridgehead atoms. The van der Waals surface area contributed by atoms with E-state index in [4.69, 9.17) is 9.52 Å². The third kappa shape index (κ3) is 4.70. The summed E-state index contributed by atoms with van der Waals surface area (Å²) in [5.74, 6) is 1.02. The number of unbranched alkanes of at least 4 members (excludes halogenated alkanes) is 1. The van der Waals surface area contributed by atoms with Crippen LogP contribution < -0.4 is 5.32 Å². The zero-order chi connectivity index (χ0) is 9.36. The van der Waals surface area contributed by atoms with Gasteiger partial charge in [0.2, 0.25) is 0 Å². The Labute approximate surface area is 78.8 Å². The Balaban J connectivity index is 1.90. The van der Waals surface area contributed by atoms with Crippen molar-refractivity contribution in [2.45, 2.75) is 19.3 Å². The van der Waals surface area contributed by atoms with E-state index in [1.54, 1.807) is 6.26 Å². The fourth-order valence-electron chi connectivity index (χ4n) is 1.15. The first-order valence-electron chi connectivity index (χ1n) is 4.77. The van der Waals surface area contributed by atoms with Crippen LogP contribution in [-0.4, -0.2) is 24.8 Å². The number of hydrogen-bond donors (Lipinski definition) is 2. The van der Waals surface area contributed by atoms with E-state index < -0.39 is 0 Å². The molecule has 1 aromatic rings. The van der Waals surface area contributed by atoms with Gasteiger partial charge in [-0.25, -0.2) is 0 Å². The number of aliphatic hydroxyl groups is 1. The molecule has 0 atom stereocenters. The van der Waals surface area contributed by atoms with Gasteiger partial charge in [-0.05, 0) is 31.5 Å². The molecule has 0 aliphatic rings. The van der Waals surface area contributed by atoms with Crippen molar-refractivity contribution in [1.82, 2.24) is 5.32 Å². The highest BCUT2D eigenvalue weighted by Crippen LogP contribution is 1.99. The molecular weight excluding hydrogens is 166 g/mol. The van der Waals surface area contributed by atoms with E-state index in [1.807, 2.05) is 12.1 Å². The summed E-state index contributed by atoms with van der Waals surface area (Å²) >= 11 is 0. The van der Waals surface area contributed by atoms with Gasteiger partial charge in [-0.3, -0.25) is 0 Å². The molecule has 0 aliphatic heterocycles. The largest absolute Gasteiger partial charge is 0.469 e. The van der Waals surface area contributed by atoms with Crippen molar-refractivity contribution >= 4 is 0 Å². The van der Waals surface area contributed by atoms with Crippen molar-refractivity contribution < 1.29 is 9.52 Å². The quantitative estimate of drug-likeness (QED) is 0.624. The Morgan fingerprint density at radius 2 is 2.23 bits per heavy atom. The zero-order valence-electron chi connectivity index (χ0n) is 7.83. The maximum absolute atomic E-state index is 8.53. The first kappa shape index (κ1) is 10.3. The number of rotatable bonds is 7. The Hall–Kier alpha value is -0.800. The fourth-order valence-corrected chi connectivity index (χ4v) is 1.15. The second-order valence-electron chi connectivity index (χ2n) is 3.01. The average molecular weight is 183 g/mol. The van der Waals surface area contributed by atoms with Gasteiger partial charge < -0.3 is 14.8 Å². The van der Waals surface area contributed by atoms with Gasteiger partial charge in [-0.15, -0.1) is 0 Å². The molecule has 2 N–H and O–H groups in total. The van der Waals surface area contributed by atoms with Crippen molar-refractivity contribution in [1.29, 1.82) is 0 Å². The van der Waals surface area contributed by atoms with E-state index in [0.29, 0.717) is 6.61 Å². The molecule has 0 fully saturated rings. The minimum Gasteiger partial charge on any atom is -0.469 e. The molecule has 3 nitrogen and oxygen atoms in total. The lowest BCUT2D eigenvalue weighted by molar-refractivity contribution is 0.283. The molecule has 1 aromatic heterocycles. The van der Waals surface area contributed by atoms with Crippen molar-refractivity contribution in [2.75, 3.05) is 19.7 Å². The van der Waals surface area contributed by atoms with Crippen LogP contribution in [-0.2, 0) is 6.42 Å². The molecular formula is C10H17NO2. The molecule has 74 valence electrons. The molecule has 0 unspecified atom stereocenters. The molecule has 0 spiro atoms. The van der Waals surface area contributed by atoms with Crippen molar-refractivity contribution in [3.05, 3.63) is 24.2 Å². The van der Waals surface area contributed by atoms with Crippen LogP contribution in [0.1, 0.15) is 18.6 Å². The van der Waals surface area contributed by atoms with E-state index in [9.17, 15) is 0 Å². The Morgan fingerprint density at radius 3 is 2.92 bits per heavy atom. The summed E-state index contributed by atoms with van der Waals surface area (Å²) < 4.78 is 5.18. The highest BCUT2D eigenvalue weighted by atomic mass is 16.3. The molecule has 1 rings (SSSR count). The van der Waals surface area contributed by atoms with Crippen LogP contribution >= 0.6 is 0 Å². The van der Waals surface area contributed by atoms with E-state index in [0.717, 1.165) is 38.1 Å². The molecule has 0 amide bonds. The van der Waals surface area contributed by atoms with E-state index >= 15 is 0 Å². The topological polar surface area (TPSA) is 45.4 Å². The molecule has 1 heterocycles. The lowest BCUT2D eigenvalue weighted by atomic mass is 10.3. The van der Waals surface area contributed by atoms with E-state index in [1.165, 1.54) is 0 Å². The summed E-state index contributed by atoms with van der Waals surface area (Å²) in [4.78, 5) is 0. The molecule has 0 aromatic carbocycles. The smallest absolute Gasteiger partial charge is 0.105 e. The van der Waals surface area contributed by atoms with E-state index in [2.05, 4.69) is 5.32 Å². The molecule has 0 radical (unpaired) electrons. The van der Waals surface area contributed by atoms with Gasteiger partial charge in [0.15, 0.2) is 0 Å². The first-order chi connectivity index (χ1) is 6.43. The second-order valence-corrected chi connectivity index (χ2v) is 3.01. The Kier molecular flexibility index (Phi) is 5.29. The predicted molar refractivity (Wildman–Crippen MR) is 51.6 cm³/mol. The minimum atomic E-state index is 0.292. The Morgan fingerprint density at radius 1 is 1.31 bits per heavy atom. The third-order valence-corrected chi connectivity index (χ3v) is 1.89. The van der Waals surface area contributed by atoms with E-state index in [-0.39, 0.29) is 0 Å². The van der Waals surface area contributed by atoms with Gasteiger partial charge in [0.05, 0.1) is 6.26 Å². The summed E-state index contributed by atoms with van der Waals surface area (Å²) in [5, 5.41) is 11.8. The summed E-state index contributed by atoms with van der Waals surface area (Å²) in [7, 11) is 0. The van der Waals surface area contributed by atoms with Crippen LogP contribution in [0.4, 0.5) is 0 Å². The Bertz CT molecular complexity index is 197. The van der Waals surface area contributed by atoms with Gasteiger partial charge in [-0.1, -0.05) is 0 Å². The maximum atomic E-state index is 8.53. The zero-order valence-corrected chi connectivity index (χ0v) is 7.83. The van der Waals surface area contributed by atoms with Crippen LogP contribution in [0.3, 0.4) is 0 Å². The number of aliphatic hydroxyl groups excluding tert-OH is 1. The van der Waals surface area contributed by atoms with Crippen LogP contribution in [0.15, 0.2) is 22.8 Å². The van der Waals surface area contributed by atoms with Crippen LogP contribution in [0.2, 0.25) is 0 Å². The summed E-state index contributed by atoms with van der Waals surface area (Å²) in [5.41, 5.74) is 0. The highest BCUT2D eigenvalue weighted by Gasteiger charge is 1.93. The lowest BCUT2D eigenvalue weighted by Gasteiger charge is -2.01. The van der Waals surface area contributed by atoms with Crippen molar-refractivity contribution in [3.63, 3.8) is 0 Å². The SMILES string of the molecule is OCCCCNCCc1ccco1. The molecule has 13 heavy (non-hydrogen) atoms. The normalized spacial score (nSPS) is 10.5. The van der Waals surface area contributed by atoms with Gasteiger partial charge in [0, 0.05) is 19.6 Å². The molecule has 0 aliphatic carbocycles. The second kappa shape index (κ2) is 6.69. The number of furan rings is 1. The molecule has 3 heteroatoms. The lowest BCUT2D eigenvalue weighted by Crippen LogP contribution is -2.18. The van der Waals surface area contributed by atoms with Gasteiger partial charge in [0.1, 0.15) is 5.76 Å². The standard InChI is InChI=1S/C10H17NO2/c12-8-2-1-6-11-7-5-10-4-3-9-13-10/h3-4,9,11-12H,1-2,5-8H2. The third-order valence-electron chi connectivity index (χ3n) is 1.89. The molecule has 0 saturated carbocycles. The number of hydrogen-bond acceptors (Lipinski definition) is 3. The van der Waals surface area contributed by atoms with Crippen LogP contribution in [0, 0.1) is 0 Å². The van der Waals surface area contributed by atoms with Gasteiger partial charge in [-0.2, -0.15) is 0 Å². The fraction of sp³-hybridized carbons (Fsp3) is 0.600. The summed E-state index contributed by atoms with van der Waals surface area (Å²) in [6.07, 6.45) is 4.55. The van der Waals surface area contributed by atoms with Gasteiger partial charge in [0.25, 0.3) is 0 Å². The van der Waals surface area contributed by atoms with Gasteiger partial charge >= 0.3 is 0 Å². The summed E-state index contributed by atoms with van der Waals surface area (Å²) in [6.45, 7) is 2.21. The van der Waals surface area contributed by atoms with Crippen LogP contribution in [0.25, 0.3) is 0 Å². The van der Waals surface area contributed by atoms with Crippen molar-refractivity contribution in [2.24, 2.45) is 0 Å².